The van der Waals surface area contributed by atoms with Gasteiger partial charge < -0.3 is 10.1 Å². The van der Waals surface area contributed by atoms with Crippen LogP contribution in [-0.4, -0.2) is 20.3 Å². The lowest BCUT2D eigenvalue weighted by molar-refractivity contribution is 0.149. The predicted octanol–water partition coefficient (Wildman–Crippen LogP) is 3.29. The Kier molecular flexibility index (Phi) is 6.22. The molecule has 0 amide bonds. The quantitative estimate of drug-likeness (QED) is 0.809. The van der Waals surface area contributed by atoms with Crippen molar-refractivity contribution in [1.29, 1.82) is 0 Å². The molecule has 102 valence electrons. The number of hydrogen-bond acceptors (Lipinski definition) is 2. The maximum atomic E-state index is 13.7. The SMILES string of the molecule is CCNC(CC(C)COC)c1c(F)cccc1F. The smallest absolute Gasteiger partial charge is 0.130 e. The Morgan fingerprint density at radius 3 is 2.39 bits per heavy atom. The summed E-state index contributed by atoms with van der Waals surface area (Å²) in [6, 6.07) is 3.66. The average Bonchev–Trinajstić information content (AvgIpc) is 2.29. The number of nitrogens with one attached hydrogen (secondary N) is 1. The number of benzene rings is 1. The maximum Gasteiger partial charge on any atom is 0.130 e. The van der Waals surface area contributed by atoms with Gasteiger partial charge in [-0.15, -0.1) is 0 Å². The highest BCUT2D eigenvalue weighted by Gasteiger charge is 2.21. The summed E-state index contributed by atoms with van der Waals surface area (Å²) in [6.45, 7) is 5.18. The summed E-state index contributed by atoms with van der Waals surface area (Å²) in [7, 11) is 1.63. The van der Waals surface area contributed by atoms with Crippen LogP contribution in [-0.2, 0) is 4.74 Å². The molecule has 0 saturated heterocycles. The van der Waals surface area contributed by atoms with E-state index in [4.69, 9.17) is 4.74 Å². The Balaban J connectivity index is 2.90. The van der Waals surface area contributed by atoms with Crippen LogP contribution < -0.4 is 5.32 Å². The van der Waals surface area contributed by atoms with Gasteiger partial charge in [0.25, 0.3) is 0 Å². The Morgan fingerprint density at radius 2 is 1.89 bits per heavy atom. The molecular formula is C14H21F2NO. The molecule has 1 rings (SSSR count). The summed E-state index contributed by atoms with van der Waals surface area (Å²) in [4.78, 5) is 0. The molecule has 0 saturated carbocycles. The van der Waals surface area contributed by atoms with Gasteiger partial charge in [-0.05, 0) is 31.0 Å². The van der Waals surface area contributed by atoms with Crippen molar-refractivity contribution >= 4 is 0 Å². The minimum absolute atomic E-state index is 0.127. The van der Waals surface area contributed by atoms with E-state index in [1.807, 2.05) is 13.8 Å². The molecule has 18 heavy (non-hydrogen) atoms. The van der Waals surface area contributed by atoms with Crippen LogP contribution in [0, 0.1) is 17.6 Å². The van der Waals surface area contributed by atoms with Gasteiger partial charge in [0, 0.05) is 25.3 Å². The first-order valence-electron chi connectivity index (χ1n) is 6.26. The van der Waals surface area contributed by atoms with E-state index in [1.54, 1.807) is 7.11 Å². The molecule has 0 heterocycles. The van der Waals surface area contributed by atoms with Crippen LogP contribution in [0.3, 0.4) is 0 Å². The molecule has 2 unspecified atom stereocenters. The standard InChI is InChI=1S/C14H21F2NO/c1-4-17-13(8-10(2)9-18-3)14-11(15)6-5-7-12(14)16/h5-7,10,13,17H,4,8-9H2,1-3H3. The lowest BCUT2D eigenvalue weighted by Crippen LogP contribution is -2.26. The Morgan fingerprint density at radius 1 is 1.28 bits per heavy atom. The molecule has 0 spiro atoms. The largest absolute Gasteiger partial charge is 0.384 e. The van der Waals surface area contributed by atoms with E-state index < -0.39 is 11.6 Å². The van der Waals surface area contributed by atoms with Gasteiger partial charge in [-0.25, -0.2) is 8.78 Å². The minimum Gasteiger partial charge on any atom is -0.384 e. The molecule has 0 radical (unpaired) electrons. The second kappa shape index (κ2) is 7.44. The Labute approximate surface area is 107 Å². The van der Waals surface area contributed by atoms with Crippen molar-refractivity contribution in [3.8, 4) is 0 Å². The third-order valence-electron chi connectivity index (χ3n) is 2.89. The number of ether oxygens (including phenoxy) is 1. The van der Waals surface area contributed by atoms with E-state index in [2.05, 4.69) is 5.32 Å². The van der Waals surface area contributed by atoms with Gasteiger partial charge in [0.15, 0.2) is 0 Å². The molecule has 0 aliphatic carbocycles. The zero-order chi connectivity index (χ0) is 13.5. The van der Waals surface area contributed by atoms with Crippen LogP contribution >= 0.6 is 0 Å². The Bertz CT molecular complexity index is 351. The summed E-state index contributed by atoms with van der Waals surface area (Å²) in [5, 5.41) is 3.13. The van der Waals surface area contributed by atoms with Crippen molar-refractivity contribution < 1.29 is 13.5 Å². The highest BCUT2D eigenvalue weighted by Crippen LogP contribution is 2.26. The maximum absolute atomic E-state index is 13.7. The Hall–Kier alpha value is -1.00. The molecule has 2 nitrogen and oxygen atoms in total. The minimum atomic E-state index is -0.495. The molecule has 0 aliphatic heterocycles. The summed E-state index contributed by atoms with van der Waals surface area (Å²) >= 11 is 0. The van der Waals surface area contributed by atoms with E-state index in [0.29, 0.717) is 19.6 Å². The van der Waals surface area contributed by atoms with E-state index in [9.17, 15) is 8.78 Å². The van der Waals surface area contributed by atoms with Crippen molar-refractivity contribution in [2.24, 2.45) is 5.92 Å². The van der Waals surface area contributed by atoms with E-state index in [0.717, 1.165) is 0 Å². The van der Waals surface area contributed by atoms with Gasteiger partial charge in [0.1, 0.15) is 11.6 Å². The lowest BCUT2D eigenvalue weighted by atomic mass is 9.95. The third-order valence-corrected chi connectivity index (χ3v) is 2.89. The number of hydrogen-bond donors (Lipinski definition) is 1. The fourth-order valence-electron chi connectivity index (χ4n) is 2.15. The lowest BCUT2D eigenvalue weighted by Gasteiger charge is -2.22. The van der Waals surface area contributed by atoms with E-state index in [-0.39, 0.29) is 17.5 Å². The van der Waals surface area contributed by atoms with E-state index >= 15 is 0 Å². The highest BCUT2D eigenvalue weighted by molar-refractivity contribution is 5.23. The summed E-state index contributed by atoms with van der Waals surface area (Å²) in [6.07, 6.45) is 0.638. The monoisotopic (exact) mass is 257 g/mol. The third kappa shape index (κ3) is 4.03. The fraction of sp³-hybridized carbons (Fsp3) is 0.571. The number of halogens is 2. The van der Waals surface area contributed by atoms with Crippen LogP contribution in [0.15, 0.2) is 18.2 Å². The van der Waals surface area contributed by atoms with Gasteiger partial charge in [0.05, 0.1) is 0 Å². The molecule has 1 N–H and O–H groups in total. The molecule has 0 bridgehead atoms. The second-order valence-corrected chi connectivity index (χ2v) is 4.54. The van der Waals surface area contributed by atoms with Crippen molar-refractivity contribution in [2.75, 3.05) is 20.3 Å². The van der Waals surface area contributed by atoms with Gasteiger partial charge in [0.2, 0.25) is 0 Å². The highest BCUT2D eigenvalue weighted by atomic mass is 19.1. The zero-order valence-electron chi connectivity index (χ0n) is 11.2. The first-order valence-corrected chi connectivity index (χ1v) is 6.26. The van der Waals surface area contributed by atoms with Crippen molar-refractivity contribution in [1.82, 2.24) is 5.32 Å². The first-order chi connectivity index (χ1) is 8.60. The van der Waals surface area contributed by atoms with Crippen LogP contribution in [0.5, 0.6) is 0 Å². The molecular weight excluding hydrogens is 236 g/mol. The predicted molar refractivity (Wildman–Crippen MR) is 68.4 cm³/mol. The second-order valence-electron chi connectivity index (χ2n) is 4.54. The molecule has 0 aromatic heterocycles. The van der Waals surface area contributed by atoms with Gasteiger partial charge >= 0.3 is 0 Å². The van der Waals surface area contributed by atoms with Gasteiger partial charge in [-0.3, -0.25) is 0 Å². The number of methoxy groups -OCH3 is 1. The normalized spacial score (nSPS) is 14.5. The molecule has 0 fully saturated rings. The first kappa shape index (κ1) is 15.1. The molecule has 0 aliphatic rings. The summed E-state index contributed by atoms with van der Waals surface area (Å²) < 4.78 is 32.6. The molecule has 1 aromatic carbocycles. The zero-order valence-corrected chi connectivity index (χ0v) is 11.2. The van der Waals surface area contributed by atoms with Crippen molar-refractivity contribution in [3.05, 3.63) is 35.4 Å². The van der Waals surface area contributed by atoms with Crippen LogP contribution in [0.2, 0.25) is 0 Å². The van der Waals surface area contributed by atoms with Crippen molar-refractivity contribution in [2.45, 2.75) is 26.3 Å². The van der Waals surface area contributed by atoms with Gasteiger partial charge in [-0.2, -0.15) is 0 Å². The van der Waals surface area contributed by atoms with Crippen LogP contribution in [0.4, 0.5) is 8.78 Å². The van der Waals surface area contributed by atoms with Crippen molar-refractivity contribution in [3.63, 3.8) is 0 Å². The van der Waals surface area contributed by atoms with Crippen LogP contribution in [0.1, 0.15) is 31.9 Å². The molecule has 2 atom stereocenters. The van der Waals surface area contributed by atoms with Gasteiger partial charge in [-0.1, -0.05) is 19.9 Å². The molecule has 1 aromatic rings. The fourth-order valence-corrected chi connectivity index (χ4v) is 2.15. The summed E-state index contributed by atoms with van der Waals surface area (Å²) in [5.74, 6) is -0.755. The molecule has 4 heteroatoms. The summed E-state index contributed by atoms with van der Waals surface area (Å²) in [5.41, 5.74) is 0.127. The number of rotatable bonds is 7. The van der Waals surface area contributed by atoms with E-state index in [1.165, 1.54) is 18.2 Å². The van der Waals surface area contributed by atoms with Crippen LogP contribution in [0.25, 0.3) is 0 Å². The average molecular weight is 257 g/mol. The topological polar surface area (TPSA) is 21.3 Å².